The van der Waals surface area contributed by atoms with Crippen molar-refractivity contribution < 1.29 is 4.74 Å². The van der Waals surface area contributed by atoms with Gasteiger partial charge in [-0.3, -0.25) is 0 Å². The molecule has 2 atom stereocenters. The van der Waals surface area contributed by atoms with Crippen molar-refractivity contribution in [3.05, 3.63) is 34.3 Å². The van der Waals surface area contributed by atoms with Crippen LogP contribution in [-0.4, -0.2) is 25.3 Å². The Balaban J connectivity index is 1.98. The minimum Gasteiger partial charge on any atom is -0.381 e. The molecule has 1 aliphatic heterocycles. The quantitative estimate of drug-likeness (QED) is 0.920. The second kappa shape index (κ2) is 6.69. The molecule has 1 aromatic carbocycles. The molecular weight excluding hydrogens is 290 g/mol. The van der Waals surface area contributed by atoms with Crippen LogP contribution in [0.25, 0.3) is 0 Å². The van der Waals surface area contributed by atoms with Gasteiger partial charge in [0.05, 0.1) is 6.61 Å². The Morgan fingerprint density at radius 2 is 2.06 bits per heavy atom. The van der Waals surface area contributed by atoms with Crippen molar-refractivity contribution in [3.8, 4) is 0 Å². The lowest BCUT2D eigenvalue weighted by Crippen LogP contribution is -2.46. The monoisotopic (exact) mass is 311 g/mol. The van der Waals surface area contributed by atoms with Crippen molar-refractivity contribution in [1.29, 1.82) is 0 Å². The van der Waals surface area contributed by atoms with Crippen LogP contribution in [-0.2, 0) is 11.2 Å². The highest BCUT2D eigenvalue weighted by atomic mass is 79.9. The van der Waals surface area contributed by atoms with Crippen LogP contribution in [0.3, 0.4) is 0 Å². The number of hydrogen-bond donors (Lipinski definition) is 1. The fourth-order valence-corrected chi connectivity index (χ4v) is 2.83. The molecule has 0 amide bonds. The largest absolute Gasteiger partial charge is 0.381 e. The van der Waals surface area contributed by atoms with Gasteiger partial charge < -0.3 is 10.1 Å². The molecule has 0 spiro atoms. The normalized spacial score (nSPS) is 24.4. The summed E-state index contributed by atoms with van der Waals surface area (Å²) in [6.07, 6.45) is 2.22. The van der Waals surface area contributed by atoms with E-state index in [4.69, 9.17) is 4.74 Å². The van der Waals surface area contributed by atoms with Gasteiger partial charge in [0, 0.05) is 29.1 Å². The van der Waals surface area contributed by atoms with Crippen molar-refractivity contribution >= 4 is 15.9 Å². The van der Waals surface area contributed by atoms with Gasteiger partial charge in [0.1, 0.15) is 0 Å². The zero-order valence-corrected chi connectivity index (χ0v) is 12.7. The summed E-state index contributed by atoms with van der Waals surface area (Å²) < 4.78 is 6.78. The average molecular weight is 312 g/mol. The van der Waals surface area contributed by atoms with E-state index in [1.807, 2.05) is 0 Å². The van der Waals surface area contributed by atoms with E-state index in [9.17, 15) is 0 Å². The number of benzene rings is 1. The number of nitrogens with one attached hydrogen (secondary N) is 1. The summed E-state index contributed by atoms with van der Waals surface area (Å²) in [6.45, 7) is 6.19. The highest BCUT2D eigenvalue weighted by Gasteiger charge is 2.26. The summed E-state index contributed by atoms with van der Waals surface area (Å²) in [4.78, 5) is 0. The summed E-state index contributed by atoms with van der Waals surface area (Å²) in [5.41, 5.74) is 1.39. The maximum absolute atomic E-state index is 5.64. The van der Waals surface area contributed by atoms with Gasteiger partial charge in [-0.25, -0.2) is 0 Å². The van der Waals surface area contributed by atoms with Crippen LogP contribution in [0.4, 0.5) is 0 Å². The van der Waals surface area contributed by atoms with Crippen molar-refractivity contribution in [2.24, 2.45) is 5.92 Å². The maximum atomic E-state index is 5.64. The number of ether oxygens (including phenoxy) is 1. The lowest BCUT2D eigenvalue weighted by atomic mass is 9.89. The molecule has 1 saturated heterocycles. The zero-order chi connectivity index (χ0) is 13.0. The first-order valence-electron chi connectivity index (χ1n) is 6.73. The summed E-state index contributed by atoms with van der Waals surface area (Å²) in [5, 5.41) is 3.67. The molecule has 1 fully saturated rings. The zero-order valence-electron chi connectivity index (χ0n) is 11.2. The van der Waals surface area contributed by atoms with Gasteiger partial charge in [-0.2, -0.15) is 0 Å². The third-order valence-electron chi connectivity index (χ3n) is 3.43. The summed E-state index contributed by atoms with van der Waals surface area (Å²) in [7, 11) is 0. The first-order chi connectivity index (χ1) is 8.65. The van der Waals surface area contributed by atoms with Crippen LogP contribution >= 0.6 is 15.9 Å². The van der Waals surface area contributed by atoms with Gasteiger partial charge in [-0.1, -0.05) is 41.9 Å². The molecule has 0 bridgehead atoms. The van der Waals surface area contributed by atoms with E-state index in [-0.39, 0.29) is 0 Å². The van der Waals surface area contributed by atoms with Crippen LogP contribution in [0.5, 0.6) is 0 Å². The summed E-state index contributed by atoms with van der Waals surface area (Å²) in [6, 6.07) is 9.76. The summed E-state index contributed by atoms with van der Waals surface area (Å²) in [5.74, 6) is 0.585. The van der Waals surface area contributed by atoms with E-state index < -0.39 is 0 Å². The van der Waals surface area contributed by atoms with Crippen molar-refractivity contribution in [2.75, 3.05) is 13.2 Å². The molecule has 18 heavy (non-hydrogen) atoms. The molecule has 0 unspecified atom stereocenters. The molecule has 0 radical (unpaired) electrons. The highest BCUT2D eigenvalue weighted by Crippen LogP contribution is 2.21. The Hall–Kier alpha value is -0.380. The third-order valence-corrected chi connectivity index (χ3v) is 3.96. The molecule has 1 aliphatic rings. The van der Waals surface area contributed by atoms with Crippen LogP contribution in [0.15, 0.2) is 28.7 Å². The standard InChI is InChI=1S/C15H22BrNO/c1-11(2)17-15-7-8-18-10-13(15)9-12-3-5-14(16)6-4-12/h3-6,11,13,15,17H,7-10H2,1-2H3/t13-,15+/m1/s1. The van der Waals surface area contributed by atoms with Gasteiger partial charge >= 0.3 is 0 Å². The number of rotatable bonds is 4. The molecule has 3 heteroatoms. The Bertz CT molecular complexity index is 363. The van der Waals surface area contributed by atoms with E-state index in [1.165, 1.54) is 5.56 Å². The Labute approximate surface area is 118 Å². The molecule has 1 N–H and O–H groups in total. The topological polar surface area (TPSA) is 21.3 Å². The first-order valence-corrected chi connectivity index (χ1v) is 7.52. The second-order valence-corrected chi connectivity index (χ2v) is 6.30. The van der Waals surface area contributed by atoms with Gasteiger partial charge in [0.25, 0.3) is 0 Å². The highest BCUT2D eigenvalue weighted by molar-refractivity contribution is 9.10. The van der Waals surface area contributed by atoms with Crippen LogP contribution < -0.4 is 5.32 Å². The van der Waals surface area contributed by atoms with Gasteiger partial charge in [0.15, 0.2) is 0 Å². The average Bonchev–Trinajstić information content (AvgIpc) is 2.34. The first kappa shape index (κ1) is 14.0. The van der Waals surface area contributed by atoms with Gasteiger partial charge in [0.2, 0.25) is 0 Å². The van der Waals surface area contributed by atoms with Crippen LogP contribution in [0, 0.1) is 5.92 Å². The number of hydrogen-bond acceptors (Lipinski definition) is 2. The van der Waals surface area contributed by atoms with E-state index in [0.29, 0.717) is 18.0 Å². The molecule has 0 saturated carbocycles. The smallest absolute Gasteiger partial charge is 0.0512 e. The third kappa shape index (κ3) is 4.08. The van der Waals surface area contributed by atoms with E-state index in [1.54, 1.807) is 0 Å². The fourth-order valence-electron chi connectivity index (χ4n) is 2.57. The lowest BCUT2D eigenvalue weighted by molar-refractivity contribution is 0.0300. The molecule has 2 rings (SSSR count). The van der Waals surface area contributed by atoms with E-state index >= 15 is 0 Å². The molecular formula is C15H22BrNO. The summed E-state index contributed by atoms with van der Waals surface area (Å²) >= 11 is 3.48. The number of halogens is 1. The lowest BCUT2D eigenvalue weighted by Gasteiger charge is -2.33. The second-order valence-electron chi connectivity index (χ2n) is 5.38. The van der Waals surface area contributed by atoms with Gasteiger partial charge in [-0.15, -0.1) is 0 Å². The molecule has 2 nitrogen and oxygen atoms in total. The van der Waals surface area contributed by atoms with Crippen molar-refractivity contribution in [1.82, 2.24) is 5.32 Å². The molecule has 1 aromatic rings. The minimum atomic E-state index is 0.542. The minimum absolute atomic E-state index is 0.542. The molecule has 100 valence electrons. The van der Waals surface area contributed by atoms with Crippen LogP contribution in [0.2, 0.25) is 0 Å². The Kier molecular flexibility index (Phi) is 5.22. The predicted molar refractivity (Wildman–Crippen MR) is 78.8 cm³/mol. The molecule has 0 aromatic heterocycles. The van der Waals surface area contributed by atoms with Crippen LogP contribution in [0.1, 0.15) is 25.8 Å². The predicted octanol–water partition coefficient (Wildman–Crippen LogP) is 3.39. The Morgan fingerprint density at radius 3 is 2.72 bits per heavy atom. The van der Waals surface area contributed by atoms with E-state index in [0.717, 1.165) is 30.5 Å². The Morgan fingerprint density at radius 1 is 1.33 bits per heavy atom. The molecule has 1 heterocycles. The maximum Gasteiger partial charge on any atom is 0.0512 e. The van der Waals surface area contributed by atoms with Gasteiger partial charge in [-0.05, 0) is 30.5 Å². The fraction of sp³-hybridized carbons (Fsp3) is 0.600. The molecule has 0 aliphatic carbocycles. The van der Waals surface area contributed by atoms with E-state index in [2.05, 4.69) is 59.4 Å². The van der Waals surface area contributed by atoms with Crippen molar-refractivity contribution in [2.45, 2.75) is 38.8 Å². The SMILES string of the molecule is CC(C)N[C@H]1CCOC[C@H]1Cc1ccc(Br)cc1. The van der Waals surface area contributed by atoms with Crippen molar-refractivity contribution in [3.63, 3.8) is 0 Å².